The normalized spacial score (nSPS) is 22.5. The van der Waals surface area contributed by atoms with E-state index < -0.39 is 0 Å². The Morgan fingerprint density at radius 3 is 2.95 bits per heavy atom. The third-order valence-corrected chi connectivity index (χ3v) is 3.98. The number of aromatic nitrogens is 1. The van der Waals surface area contributed by atoms with Crippen molar-refractivity contribution >= 4 is 5.82 Å². The summed E-state index contributed by atoms with van der Waals surface area (Å²) in [5.74, 6) is 1.13. The van der Waals surface area contributed by atoms with Crippen LogP contribution in [0.1, 0.15) is 25.8 Å². The third-order valence-electron chi connectivity index (χ3n) is 3.98. The topological polar surface area (TPSA) is 45.4 Å². The maximum Gasteiger partial charge on any atom is 0.132 e. The minimum atomic E-state index is 0.228. The van der Waals surface area contributed by atoms with Gasteiger partial charge in [-0.25, -0.2) is 4.98 Å². The first-order valence-corrected chi connectivity index (χ1v) is 7.26. The van der Waals surface area contributed by atoms with Gasteiger partial charge in [-0.3, -0.25) is 0 Å². The van der Waals surface area contributed by atoms with Crippen molar-refractivity contribution in [3.8, 4) is 0 Å². The molecule has 1 fully saturated rings. The second kappa shape index (κ2) is 6.35. The fraction of sp³-hybridized carbons (Fsp3) is 0.667. The van der Waals surface area contributed by atoms with Crippen LogP contribution in [0.4, 0.5) is 5.82 Å². The van der Waals surface area contributed by atoms with Crippen LogP contribution in [0.3, 0.4) is 0 Å². The average molecular weight is 262 g/mol. The third kappa shape index (κ3) is 3.45. The zero-order chi connectivity index (χ0) is 13.8. The van der Waals surface area contributed by atoms with E-state index in [9.17, 15) is 0 Å². The average Bonchev–Trinajstić information content (AvgIpc) is 2.40. The van der Waals surface area contributed by atoms with Gasteiger partial charge in [-0.2, -0.15) is 0 Å². The molecule has 0 aromatic carbocycles. The van der Waals surface area contributed by atoms with Crippen LogP contribution in [0.2, 0.25) is 0 Å². The molecule has 1 aromatic heterocycles. The molecular formula is C15H26N4. The smallest absolute Gasteiger partial charge is 0.132 e. The highest BCUT2D eigenvalue weighted by atomic mass is 15.3. The number of nitrogens with two attached hydrogens (primary N) is 1. The summed E-state index contributed by atoms with van der Waals surface area (Å²) in [7, 11) is 2.18. The highest BCUT2D eigenvalue weighted by Gasteiger charge is 2.24. The molecule has 1 aromatic rings. The zero-order valence-corrected chi connectivity index (χ0v) is 12.3. The van der Waals surface area contributed by atoms with E-state index in [0.29, 0.717) is 6.04 Å². The van der Waals surface area contributed by atoms with Crippen molar-refractivity contribution in [1.82, 2.24) is 9.88 Å². The zero-order valence-electron chi connectivity index (χ0n) is 12.3. The van der Waals surface area contributed by atoms with Crippen molar-refractivity contribution < 1.29 is 0 Å². The van der Waals surface area contributed by atoms with Gasteiger partial charge in [0.05, 0.1) is 0 Å². The number of hydrogen-bond donors (Lipinski definition) is 1. The predicted molar refractivity (Wildman–Crippen MR) is 80.5 cm³/mol. The van der Waals surface area contributed by atoms with Gasteiger partial charge in [0.2, 0.25) is 0 Å². The lowest BCUT2D eigenvalue weighted by Crippen LogP contribution is -2.51. The Bertz CT molecular complexity index is 407. The van der Waals surface area contributed by atoms with Crippen LogP contribution in [-0.4, -0.2) is 48.6 Å². The van der Waals surface area contributed by atoms with Gasteiger partial charge in [-0.05, 0) is 38.4 Å². The number of nitrogens with zero attached hydrogens (tertiary/aromatic N) is 3. The summed E-state index contributed by atoms with van der Waals surface area (Å²) in [6.07, 6.45) is 3.81. The second-order valence-corrected chi connectivity index (χ2v) is 5.66. The van der Waals surface area contributed by atoms with Crippen LogP contribution in [0.15, 0.2) is 18.3 Å². The SMILES string of the molecule is CCC(N)Cc1cccnc1N1CCN(C)CC1C. The summed E-state index contributed by atoms with van der Waals surface area (Å²) < 4.78 is 0. The minimum Gasteiger partial charge on any atom is -0.351 e. The fourth-order valence-electron chi connectivity index (χ4n) is 2.73. The van der Waals surface area contributed by atoms with Gasteiger partial charge < -0.3 is 15.5 Å². The van der Waals surface area contributed by atoms with Gasteiger partial charge in [0.1, 0.15) is 5.82 Å². The molecule has 0 saturated carbocycles. The molecule has 1 aliphatic rings. The molecule has 0 spiro atoms. The lowest BCUT2D eigenvalue weighted by molar-refractivity contribution is 0.274. The largest absolute Gasteiger partial charge is 0.351 e. The van der Waals surface area contributed by atoms with Gasteiger partial charge >= 0.3 is 0 Å². The first kappa shape index (κ1) is 14.3. The summed E-state index contributed by atoms with van der Waals surface area (Å²) in [6, 6.07) is 4.92. The van der Waals surface area contributed by atoms with Crippen LogP contribution in [0, 0.1) is 0 Å². The molecule has 2 rings (SSSR count). The Kier molecular flexibility index (Phi) is 4.77. The van der Waals surface area contributed by atoms with E-state index in [1.165, 1.54) is 5.56 Å². The first-order chi connectivity index (χ1) is 9.11. The molecule has 2 atom stereocenters. The van der Waals surface area contributed by atoms with Crippen LogP contribution >= 0.6 is 0 Å². The molecule has 0 bridgehead atoms. The molecule has 1 aliphatic heterocycles. The van der Waals surface area contributed by atoms with Gasteiger partial charge in [-0.1, -0.05) is 13.0 Å². The van der Waals surface area contributed by atoms with E-state index in [0.717, 1.165) is 38.3 Å². The monoisotopic (exact) mass is 262 g/mol. The number of rotatable bonds is 4. The maximum atomic E-state index is 6.11. The first-order valence-electron chi connectivity index (χ1n) is 7.26. The van der Waals surface area contributed by atoms with Gasteiger partial charge in [0, 0.05) is 37.9 Å². The molecule has 2 heterocycles. The Hall–Kier alpha value is -1.13. The van der Waals surface area contributed by atoms with E-state index >= 15 is 0 Å². The van der Waals surface area contributed by atoms with E-state index in [4.69, 9.17) is 5.73 Å². The van der Waals surface area contributed by atoms with Crippen LogP contribution < -0.4 is 10.6 Å². The van der Waals surface area contributed by atoms with Gasteiger partial charge in [0.25, 0.3) is 0 Å². The Labute approximate surface area is 116 Å². The quantitative estimate of drug-likeness (QED) is 0.893. The fourth-order valence-corrected chi connectivity index (χ4v) is 2.73. The maximum absolute atomic E-state index is 6.11. The summed E-state index contributed by atoms with van der Waals surface area (Å²) in [6.45, 7) is 7.64. The summed E-state index contributed by atoms with van der Waals surface area (Å²) in [5, 5.41) is 0. The van der Waals surface area contributed by atoms with Crippen molar-refractivity contribution in [3.05, 3.63) is 23.9 Å². The summed E-state index contributed by atoms with van der Waals surface area (Å²) in [4.78, 5) is 9.42. The van der Waals surface area contributed by atoms with Crippen molar-refractivity contribution in [2.75, 3.05) is 31.6 Å². The van der Waals surface area contributed by atoms with Gasteiger partial charge in [-0.15, -0.1) is 0 Å². The van der Waals surface area contributed by atoms with Crippen molar-refractivity contribution in [3.63, 3.8) is 0 Å². The summed E-state index contributed by atoms with van der Waals surface area (Å²) >= 11 is 0. The van der Waals surface area contributed by atoms with Crippen LogP contribution in [0.25, 0.3) is 0 Å². The molecule has 0 radical (unpaired) electrons. The molecule has 4 heteroatoms. The Morgan fingerprint density at radius 1 is 1.47 bits per heavy atom. The molecule has 19 heavy (non-hydrogen) atoms. The molecule has 1 saturated heterocycles. The van der Waals surface area contributed by atoms with Crippen molar-refractivity contribution in [2.24, 2.45) is 5.73 Å². The number of likely N-dealkylation sites (N-methyl/N-ethyl adjacent to an activating group) is 1. The van der Waals surface area contributed by atoms with E-state index in [2.05, 4.69) is 41.7 Å². The van der Waals surface area contributed by atoms with Crippen LogP contribution in [0.5, 0.6) is 0 Å². The van der Waals surface area contributed by atoms with E-state index in [1.807, 2.05) is 12.3 Å². The van der Waals surface area contributed by atoms with E-state index in [1.54, 1.807) is 0 Å². The van der Waals surface area contributed by atoms with Crippen molar-refractivity contribution in [1.29, 1.82) is 0 Å². The van der Waals surface area contributed by atoms with Gasteiger partial charge in [0.15, 0.2) is 0 Å². The predicted octanol–water partition coefficient (Wildman–Crippen LogP) is 1.50. The number of piperazine rings is 1. The van der Waals surface area contributed by atoms with Crippen molar-refractivity contribution in [2.45, 2.75) is 38.8 Å². The standard InChI is InChI=1S/C15H26N4/c1-4-14(16)10-13-6-5-7-17-15(13)19-9-8-18(3)11-12(19)2/h5-7,12,14H,4,8-11,16H2,1-3H3. The lowest BCUT2D eigenvalue weighted by Gasteiger charge is -2.40. The molecule has 0 amide bonds. The molecular weight excluding hydrogens is 236 g/mol. The Morgan fingerprint density at radius 2 is 2.26 bits per heavy atom. The molecule has 2 N–H and O–H groups in total. The van der Waals surface area contributed by atoms with Crippen LogP contribution in [-0.2, 0) is 6.42 Å². The number of hydrogen-bond acceptors (Lipinski definition) is 4. The number of anilines is 1. The molecule has 0 aliphatic carbocycles. The molecule has 4 nitrogen and oxygen atoms in total. The Balaban J connectivity index is 2.19. The minimum absolute atomic E-state index is 0.228. The highest BCUT2D eigenvalue weighted by molar-refractivity contribution is 5.48. The molecule has 106 valence electrons. The second-order valence-electron chi connectivity index (χ2n) is 5.66. The number of pyridine rings is 1. The molecule has 2 unspecified atom stereocenters. The highest BCUT2D eigenvalue weighted by Crippen LogP contribution is 2.23. The van der Waals surface area contributed by atoms with E-state index in [-0.39, 0.29) is 6.04 Å². The lowest BCUT2D eigenvalue weighted by atomic mass is 10.0. The summed E-state index contributed by atoms with van der Waals surface area (Å²) in [5.41, 5.74) is 7.39.